The van der Waals surface area contributed by atoms with Crippen molar-refractivity contribution in [3.05, 3.63) is 203 Å². The average molecular weight is 1820 g/mol. The molecule has 0 bridgehead atoms. The molecule has 1 saturated heterocycles. The van der Waals surface area contributed by atoms with Gasteiger partial charge in [0.1, 0.15) is 90.0 Å². The molecule has 15 N–H and O–H groups in total. The maximum atomic E-state index is 15.5. The van der Waals surface area contributed by atoms with Crippen molar-refractivity contribution in [1.29, 1.82) is 0 Å². The summed E-state index contributed by atoms with van der Waals surface area (Å²) in [4.78, 5) is 230. The minimum Gasteiger partial charge on any atom is -0.508 e. The van der Waals surface area contributed by atoms with Crippen molar-refractivity contribution in [1.82, 2.24) is 77.3 Å². The van der Waals surface area contributed by atoms with E-state index in [1.807, 2.05) is 0 Å². The number of aromatic nitrogens is 1. The molecule has 0 unspecified atom stereocenters. The predicted octanol–water partition coefficient (Wildman–Crippen LogP) is 2.26. The topological polar surface area (TPSA) is 483 Å². The number of para-hydroxylation sites is 1. The Bertz CT molecular complexity index is 5170. The van der Waals surface area contributed by atoms with E-state index < -0.39 is 234 Å². The summed E-state index contributed by atoms with van der Waals surface area (Å²) in [5.41, 5.74) is 7.93. The Morgan fingerprint density at radius 1 is 0.462 bits per heavy atom. The second kappa shape index (κ2) is 47.6. The zero-order valence-corrected chi connectivity index (χ0v) is 75.2. The maximum Gasteiger partial charge on any atom is 0.246 e. The monoisotopic (exact) mass is 1820 g/mol. The van der Waals surface area contributed by atoms with Gasteiger partial charge in [-0.2, -0.15) is 0 Å². The number of halogens is 3. The number of hydrogen-bond donors (Lipinski definition) is 14. The maximum absolute atomic E-state index is 15.5. The first-order chi connectivity index (χ1) is 61.5. The molecule has 0 saturated carbocycles. The van der Waals surface area contributed by atoms with Gasteiger partial charge >= 0.3 is 0 Å². The van der Waals surface area contributed by atoms with E-state index in [0.717, 1.165) is 24.5 Å². The Balaban J connectivity index is 1.22. The fourth-order valence-corrected chi connectivity index (χ4v) is 15.5. The van der Waals surface area contributed by atoms with Gasteiger partial charge in [0.25, 0.3) is 0 Å². The van der Waals surface area contributed by atoms with Gasteiger partial charge in [-0.05, 0) is 121 Å². The molecule has 1 aliphatic heterocycles. The standard InChI is InChI=1S/C92H115F3N16O18S/c1-50(2)37-68-84(121)105-73(82(119)98-47-76(96)115)48-130-49-77(116)99-71(42-59-38-64(93)78(95)65(94)39-59)90(127)111(12)75(44-56-23-17-14-18-24-56)91(128)109(10)54(7)88(125)107(8)52(5)80(117)100-67(35-36-112)83(120)106-79(51(3)4)92(129)110(11)74(43-55-21-15-13-16-22-55)87(124)104-72(41-58-29-33-62(114)34-30-58)89(126)108(9)53(6)81(118)101-70(45-60-46-97-66-26-20-19-25-63(60)66)86(123)103-69(85(122)102-68)40-57-27-31-61(113)32-28-57/h13-34,38-39,46,50-54,67-75,79,97,112-114H,35-37,40-45,47-49H2,1-12H3,(H2,96,115)(H,98,119)(H,99,116)(H,100,117)(H,101,118)(H,102,122)(H,103,123)(H,104,124)(H,105,121)(H,106,120)/t52-,53-,54+,67+,68+,69+,70+,71+,72+,73+,74+,75+,79+/m1/s1. The number of aliphatic hydroxyl groups is 1. The normalized spacial score (nSPS) is 23.0. The summed E-state index contributed by atoms with van der Waals surface area (Å²) in [5.74, 6) is -22.3. The number of likely N-dealkylation sites (N-methyl/N-ethyl adjacent to an activating group) is 5. The first-order valence-electron chi connectivity index (χ1n) is 42.4. The fourth-order valence-electron chi connectivity index (χ4n) is 14.7. The highest BCUT2D eigenvalue weighted by atomic mass is 32.2. The van der Waals surface area contributed by atoms with Gasteiger partial charge in [0.05, 0.1) is 12.3 Å². The van der Waals surface area contributed by atoms with Gasteiger partial charge in [-0.1, -0.05) is 131 Å². The number of nitrogens with one attached hydrogen (secondary N) is 10. The number of aromatic hydroxyl groups is 2. The summed E-state index contributed by atoms with van der Waals surface area (Å²) >= 11 is 0.673. The second-order valence-electron chi connectivity index (χ2n) is 33.1. The van der Waals surface area contributed by atoms with Crippen molar-refractivity contribution < 1.29 is 100 Å². The van der Waals surface area contributed by atoms with Crippen LogP contribution < -0.4 is 53.6 Å². The molecule has 7 aromatic rings. The van der Waals surface area contributed by atoms with Crippen molar-refractivity contribution in [3.63, 3.8) is 0 Å². The van der Waals surface area contributed by atoms with Gasteiger partial charge in [-0.25, -0.2) is 13.2 Å². The Morgan fingerprint density at radius 3 is 1.45 bits per heavy atom. The van der Waals surface area contributed by atoms with Crippen LogP contribution in [0.25, 0.3) is 10.9 Å². The number of primary amides is 1. The Kier molecular flexibility index (Phi) is 37.4. The summed E-state index contributed by atoms with van der Waals surface area (Å²) in [6, 6.07) is 15.5. The van der Waals surface area contributed by atoms with Gasteiger partial charge in [-0.15, -0.1) is 11.8 Å². The van der Waals surface area contributed by atoms with E-state index in [4.69, 9.17) is 5.73 Å². The van der Waals surface area contributed by atoms with Gasteiger partial charge in [0.15, 0.2) is 17.5 Å². The van der Waals surface area contributed by atoms with Crippen LogP contribution in [0.1, 0.15) is 94.7 Å². The van der Waals surface area contributed by atoms with Gasteiger partial charge in [0, 0.05) is 103 Å². The van der Waals surface area contributed by atoms with Crippen LogP contribution in [0.5, 0.6) is 11.5 Å². The number of thioether (sulfide) groups is 1. The van der Waals surface area contributed by atoms with Crippen molar-refractivity contribution in [2.24, 2.45) is 17.6 Å². The van der Waals surface area contributed by atoms with Crippen molar-refractivity contribution in [2.75, 3.05) is 59.9 Å². The van der Waals surface area contributed by atoms with Crippen LogP contribution in [-0.2, 0) is 110 Å². The lowest BCUT2D eigenvalue weighted by Gasteiger charge is -2.36. The van der Waals surface area contributed by atoms with Crippen LogP contribution in [0, 0.1) is 29.3 Å². The third kappa shape index (κ3) is 28.3. The summed E-state index contributed by atoms with van der Waals surface area (Å²) < 4.78 is 44.8. The van der Waals surface area contributed by atoms with Crippen molar-refractivity contribution >= 4 is 111 Å². The second-order valence-corrected chi connectivity index (χ2v) is 34.2. The summed E-state index contributed by atoms with van der Waals surface area (Å²) in [7, 11) is 6.21. The highest BCUT2D eigenvalue weighted by Gasteiger charge is 2.43. The number of nitrogens with zero attached hydrogens (tertiary/aromatic N) is 5. The number of carbonyl (C=O) groups excluding carboxylic acids is 15. The highest BCUT2D eigenvalue weighted by Crippen LogP contribution is 2.25. The lowest BCUT2D eigenvalue weighted by molar-refractivity contribution is -0.151. The van der Waals surface area contributed by atoms with E-state index in [0.29, 0.717) is 62.6 Å². The van der Waals surface area contributed by atoms with Crippen molar-refractivity contribution in [2.45, 2.75) is 178 Å². The molecule has 0 aliphatic carbocycles. The number of amides is 15. The van der Waals surface area contributed by atoms with Crippen LogP contribution >= 0.6 is 11.8 Å². The van der Waals surface area contributed by atoms with E-state index in [2.05, 4.69) is 52.8 Å². The van der Waals surface area contributed by atoms with Crippen LogP contribution in [-0.4, -0.2) is 272 Å². The minimum atomic E-state index is -1.86. The molecule has 2 heterocycles. The molecule has 6 aromatic carbocycles. The molecule has 1 aliphatic rings. The van der Waals surface area contributed by atoms with Crippen molar-refractivity contribution in [3.8, 4) is 11.5 Å². The number of nitrogens with two attached hydrogens (primary N) is 1. The molecule has 698 valence electrons. The molecule has 8 rings (SSSR count). The molecule has 34 nitrogen and oxygen atoms in total. The first kappa shape index (κ1) is 102. The smallest absolute Gasteiger partial charge is 0.246 e. The number of phenols is 2. The third-order valence-corrected chi connectivity index (χ3v) is 23.8. The molecule has 1 aromatic heterocycles. The average Bonchev–Trinajstić information content (AvgIpc) is 1.25. The Hall–Kier alpha value is -13.4. The SMILES string of the molecule is CC(C)C[C@@H]1NC(=O)[C@H](Cc2ccc(O)cc2)NC(=O)[C@H](Cc2c[nH]c3ccccc23)NC(=O)[C@@H](C)N(C)C(=O)[C@H](Cc2ccc(O)cc2)NC(=O)[C@H](Cc2ccccc2)N(C)C(=O)[C@H](C(C)C)NC(=O)[C@H](CCO)NC(=O)[C@@H](C)N(C)C(=O)[C@H](C)N(C)C(=O)[C@H](Cc2ccccc2)N(C)C(=O)[C@H](Cc2cc(F)c(F)c(F)c2)NC(=O)CSC[C@@H](C(=O)NCC(N)=O)NC1=O. The molecular weight excluding hydrogens is 1710 g/mol. The van der Waals surface area contributed by atoms with E-state index in [-0.39, 0.29) is 55.6 Å². The zero-order chi connectivity index (χ0) is 95.7. The summed E-state index contributed by atoms with van der Waals surface area (Å²) in [6.45, 7) is 9.08. The Morgan fingerprint density at radius 2 is 0.900 bits per heavy atom. The largest absolute Gasteiger partial charge is 0.508 e. The molecule has 13 atom stereocenters. The van der Waals surface area contributed by atoms with Crippen LogP contribution in [0.2, 0.25) is 0 Å². The van der Waals surface area contributed by atoms with Gasteiger partial charge < -0.3 is 98.4 Å². The third-order valence-electron chi connectivity index (χ3n) is 22.7. The van der Waals surface area contributed by atoms with Gasteiger partial charge in [-0.3, -0.25) is 71.9 Å². The molecule has 130 heavy (non-hydrogen) atoms. The van der Waals surface area contributed by atoms with E-state index in [1.165, 1.54) is 105 Å². The summed E-state index contributed by atoms with van der Waals surface area (Å²) in [6.07, 6.45) is -1.16. The number of benzene rings is 6. The van der Waals surface area contributed by atoms with E-state index >= 15 is 47.1 Å². The van der Waals surface area contributed by atoms with E-state index in [9.17, 15) is 53.3 Å². The lowest BCUT2D eigenvalue weighted by Crippen LogP contribution is -2.62. The predicted molar refractivity (Wildman–Crippen MR) is 477 cm³/mol. The molecule has 1 fully saturated rings. The number of aromatic amines is 1. The van der Waals surface area contributed by atoms with Crippen LogP contribution in [0.15, 0.2) is 152 Å². The zero-order valence-electron chi connectivity index (χ0n) is 74.4. The molecule has 15 amide bonds. The number of hydrogen-bond acceptors (Lipinski definition) is 19. The fraction of sp³-hybridized carbons (Fsp3) is 0.424. The van der Waals surface area contributed by atoms with Gasteiger partial charge in [0.2, 0.25) is 88.6 Å². The van der Waals surface area contributed by atoms with Crippen LogP contribution in [0.3, 0.4) is 0 Å². The van der Waals surface area contributed by atoms with Crippen LogP contribution in [0.4, 0.5) is 13.2 Å². The molecule has 0 radical (unpaired) electrons. The minimum absolute atomic E-state index is 0.141. The number of carbonyl (C=O) groups is 15. The first-order valence-corrected chi connectivity index (χ1v) is 43.5. The number of fused-ring (bicyclic) bond motifs is 1. The number of H-pyrrole nitrogens is 1. The summed E-state index contributed by atoms with van der Waals surface area (Å²) in [5, 5.41) is 55.5. The molecule has 0 spiro atoms. The molecule has 38 heteroatoms. The molecular formula is C92H115F3N16O18S. The number of rotatable bonds is 20. The number of phenolic OH excluding ortho intramolecular Hbond substituents is 2. The van der Waals surface area contributed by atoms with E-state index in [1.54, 1.807) is 119 Å². The Labute approximate surface area is 755 Å². The highest BCUT2D eigenvalue weighted by molar-refractivity contribution is 8.00. The quantitative estimate of drug-likeness (QED) is 0.0487. The lowest BCUT2D eigenvalue weighted by atomic mass is 9.98. The number of aliphatic hydroxyl groups excluding tert-OH is 1.